The van der Waals surface area contributed by atoms with Crippen molar-refractivity contribution in [1.82, 2.24) is 0 Å². The van der Waals surface area contributed by atoms with Crippen LogP contribution in [0.3, 0.4) is 0 Å². The lowest BCUT2D eigenvalue weighted by Crippen LogP contribution is -2.58. The van der Waals surface area contributed by atoms with Crippen LogP contribution in [-0.4, -0.2) is 35.0 Å². The number of hydrogen-bond donors (Lipinski definition) is 2. The number of allylic oxidation sites excluding steroid dienone is 1. The fourth-order valence-corrected chi connectivity index (χ4v) is 9.25. The van der Waals surface area contributed by atoms with Crippen LogP contribution in [0.25, 0.3) is 0 Å². The molecule has 0 bridgehead atoms. The molecule has 4 rings (SSSR count). The molecule has 2 N–H and O–H groups in total. The molecule has 5 nitrogen and oxygen atoms in total. The van der Waals surface area contributed by atoms with Crippen molar-refractivity contribution in [2.75, 3.05) is 6.61 Å². The van der Waals surface area contributed by atoms with E-state index >= 15 is 0 Å². The molecule has 4 fully saturated rings. The second-order valence-corrected chi connectivity index (χ2v) is 12.5. The van der Waals surface area contributed by atoms with E-state index < -0.39 is 5.97 Å². The minimum atomic E-state index is -0.516. The summed E-state index contributed by atoms with van der Waals surface area (Å²) in [5.41, 5.74) is 0.637. The molecule has 0 heterocycles. The number of rotatable bonds is 6. The SMILES string of the molecule is CCOC(=O)/C(C#N)=C/CC[C@@H](C)[C@H]1CC[C@H]2[C@@H]3[C@H](O)C[C@@H]4C[C@H](O)CC[C@]4(C)[C@H]3CC[C@]12C. The largest absolute Gasteiger partial charge is 0.462 e. The summed E-state index contributed by atoms with van der Waals surface area (Å²) in [7, 11) is 0. The van der Waals surface area contributed by atoms with Crippen LogP contribution >= 0.6 is 0 Å². The van der Waals surface area contributed by atoms with Gasteiger partial charge >= 0.3 is 5.97 Å². The minimum Gasteiger partial charge on any atom is -0.462 e. The summed E-state index contributed by atoms with van der Waals surface area (Å²) in [5.74, 6) is 2.60. The highest BCUT2D eigenvalue weighted by Gasteiger charge is 2.62. The molecule has 0 radical (unpaired) electrons. The van der Waals surface area contributed by atoms with Gasteiger partial charge in [-0.3, -0.25) is 0 Å². The molecule has 0 saturated heterocycles. The minimum absolute atomic E-state index is 0.121. The Balaban J connectivity index is 1.45. The van der Waals surface area contributed by atoms with E-state index in [2.05, 4.69) is 20.8 Å². The third-order valence-electron chi connectivity index (χ3n) is 11.0. The standard InChI is InChI=1S/C29H45NO4/c1-5-34-27(33)19(17-30)8-6-7-18(2)22-9-10-23-26-24(12-14-29(22,23)4)28(3)13-11-21(31)15-20(28)16-25(26)32/h8,18,20-26,31-32H,5-7,9-16H2,1-4H3/b19-8+/t18-,20+,21-,22-,23+,24+,25-,26+,28+,29-/m1/s1. The van der Waals surface area contributed by atoms with Crippen molar-refractivity contribution in [3.63, 3.8) is 0 Å². The Morgan fingerprint density at radius 2 is 1.82 bits per heavy atom. The van der Waals surface area contributed by atoms with Gasteiger partial charge in [0.05, 0.1) is 18.8 Å². The van der Waals surface area contributed by atoms with Crippen molar-refractivity contribution in [1.29, 1.82) is 5.26 Å². The summed E-state index contributed by atoms with van der Waals surface area (Å²) >= 11 is 0. The van der Waals surface area contributed by atoms with Crippen LogP contribution in [0, 0.1) is 57.7 Å². The summed E-state index contributed by atoms with van der Waals surface area (Å²) in [6.07, 6.45) is 11.6. The maximum atomic E-state index is 11.9. The molecule has 0 aromatic carbocycles. The Morgan fingerprint density at radius 3 is 2.53 bits per heavy atom. The van der Waals surface area contributed by atoms with Crippen LogP contribution in [0.5, 0.6) is 0 Å². The van der Waals surface area contributed by atoms with Gasteiger partial charge in [-0.05, 0) is 117 Å². The van der Waals surface area contributed by atoms with Gasteiger partial charge in [-0.2, -0.15) is 5.26 Å². The predicted octanol–water partition coefficient (Wildman–Crippen LogP) is 5.41. The van der Waals surface area contributed by atoms with Gasteiger partial charge in [-0.1, -0.05) is 26.8 Å². The van der Waals surface area contributed by atoms with Crippen molar-refractivity contribution < 1.29 is 19.7 Å². The van der Waals surface area contributed by atoms with Crippen molar-refractivity contribution in [2.45, 2.75) is 104 Å². The third-order valence-corrected chi connectivity index (χ3v) is 11.0. The van der Waals surface area contributed by atoms with Crippen LogP contribution in [0.1, 0.15) is 91.9 Å². The number of nitrogens with zero attached hydrogens (tertiary/aromatic N) is 1. The van der Waals surface area contributed by atoms with Crippen LogP contribution in [0.2, 0.25) is 0 Å². The van der Waals surface area contributed by atoms with Crippen molar-refractivity contribution in [3.05, 3.63) is 11.6 Å². The smallest absolute Gasteiger partial charge is 0.348 e. The number of esters is 1. The fourth-order valence-electron chi connectivity index (χ4n) is 9.25. The molecule has 0 aliphatic heterocycles. The molecule has 0 amide bonds. The number of fused-ring (bicyclic) bond motifs is 5. The first-order valence-corrected chi connectivity index (χ1v) is 13.8. The van der Waals surface area contributed by atoms with E-state index in [1.165, 1.54) is 25.7 Å². The quantitative estimate of drug-likeness (QED) is 0.307. The normalized spacial score (nSPS) is 44.9. The van der Waals surface area contributed by atoms with Crippen molar-refractivity contribution in [3.8, 4) is 6.07 Å². The topological polar surface area (TPSA) is 90.6 Å². The van der Waals surface area contributed by atoms with Crippen molar-refractivity contribution >= 4 is 5.97 Å². The van der Waals surface area contributed by atoms with E-state index in [0.717, 1.165) is 38.5 Å². The van der Waals surface area contributed by atoms with Crippen LogP contribution in [0.4, 0.5) is 0 Å². The van der Waals surface area contributed by atoms with Gasteiger partial charge in [0, 0.05) is 0 Å². The van der Waals surface area contributed by atoms with Crippen LogP contribution in [0.15, 0.2) is 11.6 Å². The lowest BCUT2D eigenvalue weighted by molar-refractivity contribution is -0.174. The van der Waals surface area contributed by atoms with E-state index in [-0.39, 0.29) is 35.2 Å². The predicted molar refractivity (Wildman–Crippen MR) is 131 cm³/mol. The lowest BCUT2D eigenvalue weighted by Gasteiger charge is -2.62. The van der Waals surface area contributed by atoms with Crippen LogP contribution < -0.4 is 0 Å². The van der Waals surface area contributed by atoms with E-state index in [1.54, 1.807) is 13.0 Å². The highest BCUT2D eigenvalue weighted by Crippen LogP contribution is 2.68. The highest BCUT2D eigenvalue weighted by molar-refractivity contribution is 5.92. The molecule has 10 atom stereocenters. The molecule has 0 aromatic rings. The van der Waals surface area contributed by atoms with Gasteiger partial charge in [0.15, 0.2) is 0 Å². The van der Waals surface area contributed by atoms with Gasteiger partial charge < -0.3 is 14.9 Å². The number of nitriles is 1. The molecule has 5 heteroatoms. The molecule has 190 valence electrons. The maximum absolute atomic E-state index is 11.9. The molecule has 0 aromatic heterocycles. The Kier molecular flexibility index (Phi) is 7.51. The summed E-state index contributed by atoms with van der Waals surface area (Å²) in [4.78, 5) is 11.9. The highest BCUT2D eigenvalue weighted by atomic mass is 16.5. The fraction of sp³-hybridized carbons (Fsp3) is 0.862. The van der Waals surface area contributed by atoms with E-state index in [0.29, 0.717) is 35.5 Å². The average molecular weight is 472 g/mol. The number of aliphatic hydroxyl groups excluding tert-OH is 2. The first kappa shape index (κ1) is 25.7. The number of carbonyl (C=O) groups is 1. The molecule has 0 unspecified atom stereocenters. The van der Waals surface area contributed by atoms with Crippen LogP contribution in [-0.2, 0) is 9.53 Å². The second kappa shape index (κ2) is 9.94. The summed E-state index contributed by atoms with van der Waals surface area (Å²) < 4.78 is 4.98. The average Bonchev–Trinajstić information content (AvgIpc) is 3.15. The summed E-state index contributed by atoms with van der Waals surface area (Å²) in [5, 5.41) is 31.0. The molecular weight excluding hydrogens is 426 g/mol. The van der Waals surface area contributed by atoms with Gasteiger partial charge in [-0.25, -0.2) is 4.79 Å². The van der Waals surface area contributed by atoms with Crippen molar-refractivity contribution in [2.24, 2.45) is 46.3 Å². The summed E-state index contributed by atoms with van der Waals surface area (Å²) in [6.45, 7) is 9.33. The molecular formula is C29H45NO4. The lowest BCUT2D eigenvalue weighted by atomic mass is 9.43. The monoisotopic (exact) mass is 471 g/mol. The Morgan fingerprint density at radius 1 is 1.12 bits per heavy atom. The number of hydrogen-bond acceptors (Lipinski definition) is 5. The number of carbonyl (C=O) groups excluding carboxylic acids is 1. The maximum Gasteiger partial charge on any atom is 0.348 e. The van der Waals surface area contributed by atoms with Gasteiger partial charge in [0.1, 0.15) is 11.6 Å². The Bertz CT molecular complexity index is 832. The first-order chi connectivity index (χ1) is 16.2. The zero-order chi connectivity index (χ0) is 24.7. The van der Waals surface area contributed by atoms with E-state index in [4.69, 9.17) is 4.74 Å². The molecule has 0 spiro atoms. The van der Waals surface area contributed by atoms with Gasteiger partial charge in [0.2, 0.25) is 0 Å². The Labute approximate surface area is 206 Å². The van der Waals surface area contributed by atoms with Gasteiger partial charge in [-0.15, -0.1) is 0 Å². The Hall–Kier alpha value is -1.38. The van der Waals surface area contributed by atoms with Gasteiger partial charge in [0.25, 0.3) is 0 Å². The molecule has 4 aliphatic carbocycles. The number of aliphatic hydroxyl groups is 2. The second-order valence-electron chi connectivity index (χ2n) is 12.5. The third kappa shape index (κ3) is 4.35. The summed E-state index contributed by atoms with van der Waals surface area (Å²) in [6, 6.07) is 1.99. The zero-order valence-corrected chi connectivity index (χ0v) is 21.6. The van der Waals surface area contributed by atoms with E-state index in [1.807, 2.05) is 6.07 Å². The number of ether oxygens (including phenoxy) is 1. The first-order valence-electron chi connectivity index (χ1n) is 13.8. The molecule has 34 heavy (non-hydrogen) atoms. The molecule has 4 aliphatic rings. The van der Waals surface area contributed by atoms with E-state index in [9.17, 15) is 20.3 Å². The molecule has 4 saturated carbocycles. The zero-order valence-electron chi connectivity index (χ0n) is 21.6.